The lowest BCUT2D eigenvalue weighted by Gasteiger charge is -2.10. The Labute approximate surface area is 158 Å². The number of alkyl halides is 3. The molecule has 0 heterocycles. The lowest BCUT2D eigenvalue weighted by atomic mass is 10.0. The van der Waals surface area contributed by atoms with Crippen LogP contribution in [0.1, 0.15) is 5.56 Å². The molecule has 0 radical (unpaired) electrons. The van der Waals surface area contributed by atoms with Gasteiger partial charge in [0.15, 0.2) is 0 Å². The zero-order chi connectivity index (χ0) is 20.1. The summed E-state index contributed by atoms with van der Waals surface area (Å²) in [6.07, 6.45) is -4.80. The van der Waals surface area contributed by atoms with Crippen molar-refractivity contribution >= 4 is 5.69 Å². The molecule has 144 valence electrons. The third kappa shape index (κ3) is 5.00. The highest BCUT2D eigenvalue weighted by Crippen LogP contribution is 2.34. The van der Waals surface area contributed by atoms with Crippen molar-refractivity contribution in [3.05, 3.63) is 88.5 Å². The molecule has 0 bridgehead atoms. The van der Waals surface area contributed by atoms with Gasteiger partial charge in [0.25, 0.3) is 5.69 Å². The van der Waals surface area contributed by atoms with Crippen molar-refractivity contribution in [2.24, 2.45) is 0 Å². The topological polar surface area (TPSA) is 61.6 Å². The van der Waals surface area contributed by atoms with Crippen LogP contribution in [0.4, 0.5) is 18.9 Å². The molecule has 0 atom stereocenters. The van der Waals surface area contributed by atoms with Crippen molar-refractivity contribution in [1.29, 1.82) is 0 Å². The summed E-state index contributed by atoms with van der Waals surface area (Å²) in [6, 6.07) is 18.5. The van der Waals surface area contributed by atoms with Crippen molar-refractivity contribution in [2.75, 3.05) is 0 Å². The van der Waals surface area contributed by atoms with Crippen molar-refractivity contribution in [3.8, 4) is 22.6 Å². The molecule has 0 amide bonds. The van der Waals surface area contributed by atoms with Gasteiger partial charge in [-0.2, -0.15) is 0 Å². The Balaban J connectivity index is 1.82. The Bertz CT molecular complexity index is 957. The van der Waals surface area contributed by atoms with Gasteiger partial charge in [0.2, 0.25) is 0 Å². The van der Waals surface area contributed by atoms with E-state index in [1.807, 2.05) is 30.3 Å². The molecular weight excluding hydrogens is 375 g/mol. The zero-order valence-electron chi connectivity index (χ0n) is 14.3. The largest absolute Gasteiger partial charge is 0.573 e. The summed E-state index contributed by atoms with van der Waals surface area (Å²) in [6.45, 7) is 0.251. The second-order valence-corrected chi connectivity index (χ2v) is 5.78. The SMILES string of the molecule is O=[N+]([O-])c1cc(OCc2ccccc2)ccc1-c1ccc(OC(F)(F)F)cc1. The van der Waals surface area contributed by atoms with Crippen LogP contribution in [-0.4, -0.2) is 11.3 Å². The molecule has 0 fully saturated rings. The van der Waals surface area contributed by atoms with E-state index in [0.717, 1.165) is 17.7 Å². The van der Waals surface area contributed by atoms with Crippen LogP contribution in [0.5, 0.6) is 11.5 Å². The van der Waals surface area contributed by atoms with Gasteiger partial charge in [0.1, 0.15) is 18.1 Å². The third-order valence-corrected chi connectivity index (χ3v) is 3.81. The van der Waals surface area contributed by atoms with Crippen LogP contribution in [0.2, 0.25) is 0 Å². The lowest BCUT2D eigenvalue weighted by Crippen LogP contribution is -2.16. The third-order valence-electron chi connectivity index (χ3n) is 3.81. The maximum atomic E-state index is 12.2. The highest BCUT2D eigenvalue weighted by atomic mass is 19.4. The van der Waals surface area contributed by atoms with Crippen LogP contribution >= 0.6 is 0 Å². The van der Waals surface area contributed by atoms with E-state index in [9.17, 15) is 23.3 Å². The summed E-state index contributed by atoms with van der Waals surface area (Å²) < 4.78 is 46.2. The lowest BCUT2D eigenvalue weighted by molar-refractivity contribution is -0.384. The molecule has 0 N–H and O–H groups in total. The zero-order valence-corrected chi connectivity index (χ0v) is 14.3. The normalized spacial score (nSPS) is 11.1. The molecule has 0 spiro atoms. The maximum Gasteiger partial charge on any atom is 0.573 e. The van der Waals surface area contributed by atoms with Crippen molar-refractivity contribution < 1.29 is 27.6 Å². The molecule has 0 aromatic heterocycles. The molecule has 5 nitrogen and oxygen atoms in total. The van der Waals surface area contributed by atoms with Gasteiger partial charge in [-0.15, -0.1) is 13.2 Å². The molecule has 8 heteroatoms. The summed E-state index contributed by atoms with van der Waals surface area (Å²) >= 11 is 0. The Hall–Kier alpha value is -3.55. The predicted octanol–water partition coefficient (Wildman–Crippen LogP) is 5.74. The van der Waals surface area contributed by atoms with Gasteiger partial charge in [0.05, 0.1) is 16.6 Å². The molecule has 0 saturated carbocycles. The molecular formula is C20H14F3NO4. The molecule has 28 heavy (non-hydrogen) atoms. The summed E-state index contributed by atoms with van der Waals surface area (Å²) in [5.74, 6) is -0.0851. The standard InChI is InChI=1S/C20H14F3NO4/c21-20(22,23)28-16-8-6-15(7-9-16)18-11-10-17(12-19(18)24(25)26)27-13-14-4-2-1-3-5-14/h1-12H,13H2. The van der Waals surface area contributed by atoms with Crippen LogP contribution in [0.3, 0.4) is 0 Å². The van der Waals surface area contributed by atoms with Crippen LogP contribution in [-0.2, 0) is 6.61 Å². The predicted molar refractivity (Wildman–Crippen MR) is 96.0 cm³/mol. The highest BCUT2D eigenvalue weighted by Gasteiger charge is 2.31. The second-order valence-electron chi connectivity index (χ2n) is 5.78. The van der Waals surface area contributed by atoms with Crippen molar-refractivity contribution in [3.63, 3.8) is 0 Å². The number of halogens is 3. The molecule has 3 rings (SSSR count). The minimum absolute atomic E-state index is 0.213. The number of benzene rings is 3. The summed E-state index contributed by atoms with van der Waals surface area (Å²) in [5, 5.41) is 11.5. The number of nitrogens with zero attached hydrogens (tertiary/aromatic N) is 1. The summed E-state index contributed by atoms with van der Waals surface area (Å²) in [5.41, 5.74) is 1.34. The fraction of sp³-hybridized carbons (Fsp3) is 0.100. The fourth-order valence-electron chi connectivity index (χ4n) is 2.57. The van der Waals surface area contributed by atoms with E-state index in [0.29, 0.717) is 11.3 Å². The quantitative estimate of drug-likeness (QED) is 0.398. The summed E-state index contributed by atoms with van der Waals surface area (Å²) in [4.78, 5) is 10.9. The Morgan fingerprint density at radius 2 is 1.54 bits per heavy atom. The number of hydrogen-bond acceptors (Lipinski definition) is 4. The van der Waals surface area contributed by atoms with E-state index in [1.165, 1.54) is 24.3 Å². The molecule has 3 aromatic rings. The van der Waals surface area contributed by atoms with Crippen LogP contribution in [0.15, 0.2) is 72.8 Å². The number of nitro benzene ring substituents is 1. The first-order chi connectivity index (χ1) is 13.3. The number of hydrogen-bond donors (Lipinski definition) is 0. The first kappa shape index (κ1) is 19.2. The van der Waals surface area contributed by atoms with Crippen LogP contribution in [0.25, 0.3) is 11.1 Å². The van der Waals surface area contributed by atoms with E-state index in [4.69, 9.17) is 4.74 Å². The van der Waals surface area contributed by atoms with E-state index in [-0.39, 0.29) is 17.9 Å². The number of nitro groups is 1. The average Bonchev–Trinajstić information content (AvgIpc) is 2.66. The van der Waals surface area contributed by atoms with Gasteiger partial charge in [-0.1, -0.05) is 42.5 Å². The first-order valence-corrected chi connectivity index (χ1v) is 8.13. The van der Waals surface area contributed by atoms with E-state index < -0.39 is 17.0 Å². The Morgan fingerprint density at radius 1 is 0.893 bits per heavy atom. The minimum Gasteiger partial charge on any atom is -0.489 e. The van der Waals surface area contributed by atoms with Gasteiger partial charge in [-0.3, -0.25) is 10.1 Å². The molecule has 0 aliphatic heterocycles. The molecule has 0 saturated heterocycles. The second kappa shape index (κ2) is 7.99. The van der Waals surface area contributed by atoms with Crippen LogP contribution in [0, 0.1) is 10.1 Å². The minimum atomic E-state index is -4.80. The van der Waals surface area contributed by atoms with E-state index in [2.05, 4.69) is 4.74 Å². The van der Waals surface area contributed by atoms with Crippen LogP contribution < -0.4 is 9.47 Å². The monoisotopic (exact) mass is 389 g/mol. The fourth-order valence-corrected chi connectivity index (χ4v) is 2.57. The number of ether oxygens (including phenoxy) is 2. The molecule has 0 aliphatic rings. The van der Waals surface area contributed by atoms with Gasteiger partial charge in [0, 0.05) is 0 Å². The van der Waals surface area contributed by atoms with Crippen molar-refractivity contribution in [2.45, 2.75) is 13.0 Å². The van der Waals surface area contributed by atoms with Gasteiger partial charge >= 0.3 is 6.36 Å². The van der Waals surface area contributed by atoms with Gasteiger partial charge in [-0.25, -0.2) is 0 Å². The van der Waals surface area contributed by atoms with E-state index >= 15 is 0 Å². The first-order valence-electron chi connectivity index (χ1n) is 8.13. The average molecular weight is 389 g/mol. The molecule has 0 aliphatic carbocycles. The Morgan fingerprint density at radius 3 is 2.14 bits per heavy atom. The molecule has 0 unspecified atom stereocenters. The molecule has 3 aromatic carbocycles. The number of rotatable bonds is 6. The van der Waals surface area contributed by atoms with E-state index in [1.54, 1.807) is 6.07 Å². The highest BCUT2D eigenvalue weighted by molar-refractivity contribution is 5.75. The maximum absolute atomic E-state index is 12.2. The van der Waals surface area contributed by atoms with Gasteiger partial charge in [-0.05, 0) is 35.4 Å². The Kier molecular flexibility index (Phi) is 5.49. The summed E-state index contributed by atoms with van der Waals surface area (Å²) in [7, 11) is 0. The van der Waals surface area contributed by atoms with Gasteiger partial charge < -0.3 is 9.47 Å². The smallest absolute Gasteiger partial charge is 0.489 e. The van der Waals surface area contributed by atoms with Crippen molar-refractivity contribution in [1.82, 2.24) is 0 Å².